The molecule has 0 unspecified atom stereocenters. The van der Waals surface area contributed by atoms with Crippen LogP contribution in [0.25, 0.3) is 68.0 Å². The zero-order valence-electron chi connectivity index (χ0n) is 37.8. The fourth-order valence-electron chi connectivity index (χ4n) is 7.00. The van der Waals surface area contributed by atoms with Crippen molar-refractivity contribution < 1.29 is 67.7 Å². The summed E-state index contributed by atoms with van der Waals surface area (Å²) in [5.41, 5.74) is -3.64. The van der Waals surface area contributed by atoms with Crippen molar-refractivity contribution in [2.45, 2.75) is 33.1 Å². The molecule has 0 saturated heterocycles. The first kappa shape index (κ1) is 54.8. The summed E-state index contributed by atoms with van der Waals surface area (Å²) in [6.45, 7) is 3.85. The van der Waals surface area contributed by atoms with Gasteiger partial charge in [0.2, 0.25) is 5.89 Å². The second-order valence-electron chi connectivity index (χ2n) is 14.9. The van der Waals surface area contributed by atoms with E-state index >= 15 is 0 Å². The van der Waals surface area contributed by atoms with E-state index in [1.54, 1.807) is 5.43 Å². The number of nitrogens with two attached hydrogens (primary N) is 1. The number of amides is 1. The zero-order valence-corrected chi connectivity index (χ0v) is 40.8. The molecule has 0 bridgehead atoms. The van der Waals surface area contributed by atoms with Gasteiger partial charge in [-0.15, -0.1) is 10.2 Å². The van der Waals surface area contributed by atoms with Crippen LogP contribution >= 0.6 is 46.4 Å². The molecule has 9 aromatic rings. The van der Waals surface area contributed by atoms with Crippen molar-refractivity contribution >= 4 is 64.2 Å². The highest BCUT2D eigenvalue weighted by molar-refractivity contribution is 6.34. The molecule has 5 aromatic heterocycles. The minimum absolute atomic E-state index is 0.00258. The predicted molar refractivity (Wildman–Crippen MR) is 251 cm³/mol. The molecule has 388 valence electrons. The molecular weight excluding hydrogens is 1100 g/mol. The number of rotatable bonds is 8. The van der Waals surface area contributed by atoms with Crippen LogP contribution in [0.15, 0.2) is 111 Å². The number of aromatic nitrogens is 8. The Morgan fingerprint density at radius 1 is 0.640 bits per heavy atom. The van der Waals surface area contributed by atoms with E-state index in [1.807, 2.05) is 0 Å². The summed E-state index contributed by atoms with van der Waals surface area (Å²) < 4.78 is 136. The number of halogens is 12. The molecule has 9 rings (SSSR count). The summed E-state index contributed by atoms with van der Waals surface area (Å²) in [4.78, 5) is 32.2. The quantitative estimate of drug-likeness (QED) is 0.0361. The monoisotopic (exact) mass is 1120 g/mol. The third-order valence-electron chi connectivity index (χ3n) is 9.84. The van der Waals surface area contributed by atoms with Crippen LogP contribution in [-0.4, -0.2) is 57.9 Å². The molecule has 0 aliphatic heterocycles. The second-order valence-corrected chi connectivity index (χ2v) is 16.6. The van der Waals surface area contributed by atoms with Gasteiger partial charge in [0.25, 0.3) is 11.8 Å². The lowest BCUT2D eigenvalue weighted by Gasteiger charge is -2.12. The van der Waals surface area contributed by atoms with Crippen molar-refractivity contribution in [2.24, 2.45) is 5.84 Å². The Kier molecular flexibility index (Phi) is 16.3. The number of nitrogens with one attached hydrogen (secondary N) is 1. The maximum absolute atomic E-state index is 14.7. The minimum Gasteiger partial charge on any atom is -0.421 e. The maximum atomic E-state index is 14.7. The van der Waals surface area contributed by atoms with Crippen molar-refractivity contribution in [2.75, 3.05) is 0 Å². The van der Waals surface area contributed by atoms with Crippen LogP contribution in [0, 0.1) is 18.6 Å². The van der Waals surface area contributed by atoms with Crippen LogP contribution in [0.3, 0.4) is 0 Å². The molecule has 29 heteroatoms. The molecule has 1 amide bonds. The average molecular weight is 1130 g/mol. The molecule has 0 fully saturated rings. The van der Waals surface area contributed by atoms with Gasteiger partial charge < -0.3 is 18.2 Å². The molecular formula is C46H28Cl4F8N10O7. The molecule has 5 heterocycles. The molecule has 75 heavy (non-hydrogen) atoms. The molecule has 0 spiro atoms. The minimum atomic E-state index is -4.95. The maximum Gasteiger partial charge on any atom is 0.434 e. The summed E-state index contributed by atoms with van der Waals surface area (Å²) >= 11 is 24.1. The topological polar surface area (TPSA) is 225 Å². The largest absolute Gasteiger partial charge is 0.434 e. The molecule has 17 nitrogen and oxygen atoms in total. The van der Waals surface area contributed by atoms with Crippen molar-refractivity contribution in [1.82, 2.24) is 45.5 Å². The normalized spacial score (nSPS) is 11.4. The number of nitrogen functional groups attached to an aromatic ring is 1. The standard InChI is InChI=1S/C22H11Cl2F4N5O2.C20H11Cl2F4N5O2.C4H6O3/c1-10-30-31-21(34-10)17-18(16-14(24)6-3-7-15(16)25)32-35-19(17)13-9-29-33(20(13)22(26,27)28)12-5-2-4-11(23)8-12;21-9-3-1-4-10(7-9)31-18(20(24,25)26)11(8-28-31)17-15(19(32)29-27)16(30-33-17)14-12(22)5-2-6-13(14)23;1-3(5)7-4(2)6/h2-9H,1H3;1-8H,27H2,(H,29,32);1-2H3. The fourth-order valence-corrected chi connectivity index (χ4v) is 7.87. The van der Waals surface area contributed by atoms with Crippen LogP contribution in [-0.2, 0) is 26.7 Å². The van der Waals surface area contributed by atoms with Crippen LogP contribution < -0.4 is 11.3 Å². The average Bonchev–Trinajstić information content (AvgIpc) is 4.18. The summed E-state index contributed by atoms with van der Waals surface area (Å²) in [5, 5.41) is 23.0. The van der Waals surface area contributed by atoms with Crippen LogP contribution in [0.2, 0.25) is 20.1 Å². The highest BCUT2D eigenvalue weighted by atomic mass is 35.5. The van der Waals surface area contributed by atoms with Gasteiger partial charge in [-0.3, -0.25) is 19.8 Å². The fraction of sp³-hybridized carbons (Fsp3) is 0.109. The van der Waals surface area contributed by atoms with Crippen LogP contribution in [0.1, 0.15) is 41.5 Å². The Hall–Kier alpha value is -7.97. The molecule has 0 aliphatic carbocycles. The first-order chi connectivity index (χ1) is 35.4. The van der Waals surface area contributed by atoms with E-state index in [0.717, 1.165) is 24.5 Å². The van der Waals surface area contributed by atoms with E-state index in [2.05, 4.69) is 35.4 Å². The summed E-state index contributed by atoms with van der Waals surface area (Å²) in [6, 6.07) is 18.8. The van der Waals surface area contributed by atoms with E-state index < -0.39 is 87.1 Å². The van der Waals surface area contributed by atoms with Crippen LogP contribution in [0.5, 0.6) is 0 Å². The zero-order chi connectivity index (χ0) is 54.7. The number of hydrogen-bond donors (Lipinski definition) is 2. The Morgan fingerprint density at radius 2 is 1.09 bits per heavy atom. The number of aryl methyl sites for hydroxylation is 1. The van der Waals surface area contributed by atoms with Crippen molar-refractivity contribution in [3.63, 3.8) is 0 Å². The number of ether oxygens (including phenoxy) is 1. The number of esters is 2. The molecule has 0 radical (unpaired) electrons. The third kappa shape index (κ3) is 11.9. The highest BCUT2D eigenvalue weighted by Crippen LogP contribution is 2.47. The number of benzene rings is 4. The lowest BCUT2D eigenvalue weighted by molar-refractivity contribution is -0.156. The Bertz CT molecular complexity index is 3560. The SMILES string of the molecule is CC(=O)OC(C)=O.Cc1nnc(-c2c(-c3c(F)cccc3Cl)noc2-c2cnn(-c3cccc(Cl)c3)c2C(F)(F)F)o1.NNC(=O)c1c(-c2c(F)cccc2Cl)noc1-c1cnn(-c2cccc(Cl)c2)c1C(F)(F)F. The number of nitrogens with zero attached hydrogens (tertiary/aromatic N) is 8. The van der Waals surface area contributed by atoms with Gasteiger partial charge in [0.05, 0.1) is 56.1 Å². The Morgan fingerprint density at radius 3 is 1.51 bits per heavy atom. The van der Waals surface area contributed by atoms with Crippen LogP contribution in [0.4, 0.5) is 35.1 Å². The number of carbonyl (C=O) groups excluding carboxylic acids is 3. The van der Waals surface area contributed by atoms with E-state index in [4.69, 9.17) is 65.7 Å². The molecule has 4 aromatic carbocycles. The van der Waals surface area contributed by atoms with E-state index in [-0.39, 0.29) is 65.6 Å². The van der Waals surface area contributed by atoms with Gasteiger partial charge >= 0.3 is 24.3 Å². The molecule has 3 N–H and O–H groups in total. The lowest BCUT2D eigenvalue weighted by Crippen LogP contribution is -2.30. The van der Waals surface area contributed by atoms with Crippen molar-refractivity contribution in [1.29, 1.82) is 0 Å². The number of hydrazine groups is 1. The second kappa shape index (κ2) is 22.2. The van der Waals surface area contributed by atoms with E-state index in [0.29, 0.717) is 9.36 Å². The van der Waals surface area contributed by atoms with Gasteiger partial charge in [0.15, 0.2) is 22.9 Å². The first-order valence-electron chi connectivity index (χ1n) is 20.6. The van der Waals surface area contributed by atoms with Crippen molar-refractivity contribution in [3.05, 3.63) is 152 Å². The lowest BCUT2D eigenvalue weighted by atomic mass is 10.0. The van der Waals surface area contributed by atoms with Crippen molar-refractivity contribution in [3.8, 4) is 68.0 Å². The Labute approximate surface area is 434 Å². The third-order valence-corrected chi connectivity index (χ3v) is 10.9. The smallest absolute Gasteiger partial charge is 0.421 e. The molecule has 0 atom stereocenters. The van der Waals surface area contributed by atoms with Gasteiger partial charge in [0.1, 0.15) is 34.1 Å². The van der Waals surface area contributed by atoms with Gasteiger partial charge in [-0.25, -0.2) is 24.0 Å². The van der Waals surface area contributed by atoms with E-state index in [9.17, 15) is 49.5 Å². The number of carbonyl (C=O) groups is 3. The van der Waals surface area contributed by atoms with E-state index in [1.165, 1.54) is 93.6 Å². The van der Waals surface area contributed by atoms with Gasteiger partial charge in [-0.05, 0) is 60.7 Å². The Balaban J connectivity index is 0.000000194. The summed E-state index contributed by atoms with van der Waals surface area (Å²) in [6.07, 6.45) is -8.06. The molecule has 0 saturated carbocycles. The highest BCUT2D eigenvalue weighted by Gasteiger charge is 2.44. The first-order valence-corrected chi connectivity index (χ1v) is 22.1. The van der Waals surface area contributed by atoms with Gasteiger partial charge in [-0.2, -0.15) is 36.5 Å². The predicted octanol–water partition coefficient (Wildman–Crippen LogP) is 12.4. The molecule has 0 aliphatic rings. The number of alkyl halides is 6. The number of hydrogen-bond acceptors (Lipinski definition) is 14. The van der Waals surface area contributed by atoms with Gasteiger partial charge in [0, 0.05) is 30.8 Å². The van der Waals surface area contributed by atoms with Gasteiger partial charge in [-0.1, -0.05) is 81.0 Å². The summed E-state index contributed by atoms with van der Waals surface area (Å²) in [7, 11) is 0. The summed E-state index contributed by atoms with van der Waals surface area (Å²) in [5.74, 6) is 0.189.